The molecule has 4 heterocycles. The van der Waals surface area contributed by atoms with Gasteiger partial charge in [0.05, 0.1) is 19.3 Å². The Morgan fingerprint density at radius 2 is 1.87 bits per heavy atom. The van der Waals surface area contributed by atoms with Gasteiger partial charge in [0.25, 0.3) is 0 Å². The number of aromatic nitrogens is 4. The van der Waals surface area contributed by atoms with Gasteiger partial charge >= 0.3 is 0 Å². The van der Waals surface area contributed by atoms with Crippen LogP contribution in [0.3, 0.4) is 0 Å². The molecule has 2 aromatic rings. The predicted molar refractivity (Wildman–Crippen MR) is 106 cm³/mol. The lowest BCUT2D eigenvalue weighted by Gasteiger charge is -2.24. The van der Waals surface area contributed by atoms with Crippen LogP contribution in [0.5, 0.6) is 11.5 Å². The third-order valence-electron chi connectivity index (χ3n) is 6.77. The minimum Gasteiger partial charge on any atom is -0.454 e. The second kappa shape index (κ2) is 7.76. The number of nitrogens with zero attached hydrogens (tertiary/aromatic N) is 4. The van der Waals surface area contributed by atoms with Crippen molar-refractivity contribution in [2.24, 2.45) is 5.92 Å². The van der Waals surface area contributed by atoms with Gasteiger partial charge in [0.1, 0.15) is 18.2 Å². The molecule has 1 aromatic heterocycles. The van der Waals surface area contributed by atoms with Gasteiger partial charge in [0.15, 0.2) is 17.3 Å². The average Bonchev–Trinajstić information content (AvgIpc) is 3.58. The summed E-state index contributed by atoms with van der Waals surface area (Å²) in [7, 11) is 0. The first-order valence-electron chi connectivity index (χ1n) is 11.0. The number of rotatable bonds is 4. The van der Waals surface area contributed by atoms with E-state index in [0.29, 0.717) is 30.5 Å². The van der Waals surface area contributed by atoms with Crippen molar-refractivity contribution in [1.82, 2.24) is 25.5 Å². The molecule has 1 amide bonds. The molecule has 1 aromatic carbocycles. The second-order valence-corrected chi connectivity index (χ2v) is 8.63. The van der Waals surface area contributed by atoms with Crippen LogP contribution in [-0.2, 0) is 14.3 Å². The van der Waals surface area contributed by atoms with Crippen LogP contribution in [0.2, 0.25) is 0 Å². The molecule has 4 aliphatic rings. The van der Waals surface area contributed by atoms with Crippen LogP contribution >= 0.6 is 0 Å². The molecule has 1 aliphatic carbocycles. The first-order chi connectivity index (χ1) is 15.3. The van der Waals surface area contributed by atoms with Crippen LogP contribution in [0.4, 0.5) is 0 Å². The summed E-state index contributed by atoms with van der Waals surface area (Å²) >= 11 is 0. The van der Waals surface area contributed by atoms with E-state index in [1.807, 2.05) is 18.2 Å². The number of tetrazole rings is 1. The topological polar surface area (TPSA) is 110 Å². The highest BCUT2D eigenvalue weighted by Crippen LogP contribution is 2.38. The van der Waals surface area contributed by atoms with Gasteiger partial charge < -0.3 is 24.3 Å². The minimum atomic E-state index is -0.215. The summed E-state index contributed by atoms with van der Waals surface area (Å²) in [5.41, 5.74) is 0.831. The Kier molecular flexibility index (Phi) is 4.76. The summed E-state index contributed by atoms with van der Waals surface area (Å²) in [6.07, 6.45) is 5.02. The molecule has 3 fully saturated rings. The number of nitrogens with one attached hydrogen (secondary N) is 1. The molecule has 3 aliphatic heterocycles. The molecule has 0 radical (unpaired) electrons. The van der Waals surface area contributed by atoms with E-state index >= 15 is 0 Å². The van der Waals surface area contributed by atoms with E-state index in [-0.39, 0.29) is 42.9 Å². The van der Waals surface area contributed by atoms with Crippen LogP contribution in [0, 0.1) is 5.92 Å². The lowest BCUT2D eigenvalue weighted by atomic mass is 9.88. The molecule has 4 atom stereocenters. The van der Waals surface area contributed by atoms with Gasteiger partial charge in [0, 0.05) is 11.5 Å². The monoisotopic (exact) mass is 427 g/mol. The Labute approximate surface area is 179 Å². The lowest BCUT2D eigenvalue weighted by molar-refractivity contribution is -0.127. The number of amides is 1. The zero-order chi connectivity index (χ0) is 20.8. The van der Waals surface area contributed by atoms with Crippen LogP contribution < -0.4 is 14.8 Å². The Morgan fingerprint density at radius 3 is 2.77 bits per heavy atom. The molecule has 10 nitrogen and oxygen atoms in total. The quantitative estimate of drug-likeness (QED) is 0.781. The Morgan fingerprint density at radius 1 is 1.03 bits per heavy atom. The second-order valence-electron chi connectivity index (χ2n) is 8.63. The molecule has 31 heavy (non-hydrogen) atoms. The van der Waals surface area contributed by atoms with Gasteiger partial charge in [-0.1, -0.05) is 19.3 Å². The van der Waals surface area contributed by atoms with Crippen molar-refractivity contribution in [1.29, 1.82) is 0 Å². The zero-order valence-corrected chi connectivity index (χ0v) is 17.1. The molecule has 2 saturated heterocycles. The van der Waals surface area contributed by atoms with Crippen LogP contribution in [0.15, 0.2) is 18.2 Å². The maximum atomic E-state index is 12.7. The van der Waals surface area contributed by atoms with E-state index in [1.165, 1.54) is 6.42 Å². The molecule has 0 bridgehead atoms. The highest BCUT2D eigenvalue weighted by Gasteiger charge is 2.50. The van der Waals surface area contributed by atoms with Crippen LogP contribution in [0.25, 0.3) is 11.4 Å². The number of fused-ring (bicyclic) bond motifs is 2. The van der Waals surface area contributed by atoms with E-state index in [1.54, 1.807) is 4.68 Å². The van der Waals surface area contributed by atoms with Crippen molar-refractivity contribution in [3.8, 4) is 22.9 Å². The summed E-state index contributed by atoms with van der Waals surface area (Å²) in [6.45, 7) is 1.07. The molecule has 1 saturated carbocycles. The number of hydrogen-bond acceptors (Lipinski definition) is 8. The predicted octanol–water partition coefficient (Wildman–Crippen LogP) is 1.47. The van der Waals surface area contributed by atoms with Crippen molar-refractivity contribution in [2.75, 3.05) is 20.0 Å². The van der Waals surface area contributed by atoms with Gasteiger partial charge in [-0.25, -0.2) is 4.68 Å². The van der Waals surface area contributed by atoms with Crippen molar-refractivity contribution in [3.05, 3.63) is 18.2 Å². The zero-order valence-electron chi connectivity index (χ0n) is 17.1. The summed E-state index contributed by atoms with van der Waals surface area (Å²) < 4.78 is 24.8. The van der Waals surface area contributed by atoms with E-state index in [0.717, 1.165) is 31.2 Å². The average molecular weight is 427 g/mol. The summed E-state index contributed by atoms with van der Waals surface area (Å²) in [6, 6.07) is 5.33. The molecule has 6 rings (SSSR count). The summed E-state index contributed by atoms with van der Waals surface area (Å²) in [4.78, 5) is 12.7. The Bertz CT molecular complexity index is 975. The minimum absolute atomic E-state index is 0.113. The molecular weight excluding hydrogens is 402 g/mol. The normalized spacial score (nSPS) is 29.8. The molecule has 1 N–H and O–H groups in total. The largest absolute Gasteiger partial charge is 0.454 e. The number of hydrogen-bond donors (Lipinski definition) is 1. The molecule has 0 spiro atoms. The first kappa shape index (κ1) is 19.0. The standard InChI is InChI=1S/C21H25N5O5/c27-21(12-4-2-1-3-5-12)22-14-9-28-19-15(10-29-18(14)19)26-20(23-24-25-26)13-6-7-16-17(8-13)31-11-30-16/h6-8,12,14-15,18-19H,1-5,9-11H2,(H,22,27)/t14-,15+,18-,19+/m0/s1. The SMILES string of the molecule is O=C(N[C@H]1CO[C@H]2[C@H]1OC[C@H]2n1nnnc1-c1ccc2c(c1)OCO2)C1CCCCC1. The van der Waals surface area contributed by atoms with Crippen LogP contribution in [0.1, 0.15) is 38.1 Å². The van der Waals surface area contributed by atoms with Crippen molar-refractivity contribution >= 4 is 5.91 Å². The Hall–Kier alpha value is -2.72. The number of ether oxygens (including phenoxy) is 4. The third kappa shape index (κ3) is 3.34. The highest BCUT2D eigenvalue weighted by atomic mass is 16.7. The maximum Gasteiger partial charge on any atom is 0.231 e. The fraction of sp³-hybridized carbons (Fsp3) is 0.619. The number of carbonyl (C=O) groups is 1. The fourth-order valence-corrected chi connectivity index (χ4v) is 5.12. The molecule has 0 unspecified atom stereocenters. The number of carbonyl (C=O) groups excluding carboxylic acids is 1. The Balaban J connectivity index is 1.18. The van der Waals surface area contributed by atoms with E-state index in [2.05, 4.69) is 20.8 Å². The van der Waals surface area contributed by atoms with E-state index < -0.39 is 0 Å². The molecular formula is C21H25N5O5. The first-order valence-corrected chi connectivity index (χ1v) is 11.0. The van der Waals surface area contributed by atoms with Gasteiger partial charge in [-0.05, 0) is 41.5 Å². The number of benzene rings is 1. The van der Waals surface area contributed by atoms with E-state index in [4.69, 9.17) is 18.9 Å². The van der Waals surface area contributed by atoms with Crippen molar-refractivity contribution in [2.45, 2.75) is 56.4 Å². The van der Waals surface area contributed by atoms with Gasteiger partial charge in [-0.2, -0.15) is 0 Å². The fourth-order valence-electron chi connectivity index (χ4n) is 5.12. The van der Waals surface area contributed by atoms with Gasteiger partial charge in [-0.15, -0.1) is 5.10 Å². The summed E-state index contributed by atoms with van der Waals surface area (Å²) in [5.74, 6) is 2.25. The summed E-state index contributed by atoms with van der Waals surface area (Å²) in [5, 5.41) is 15.5. The highest BCUT2D eigenvalue weighted by molar-refractivity contribution is 5.79. The van der Waals surface area contributed by atoms with Crippen LogP contribution in [-0.4, -0.2) is 64.4 Å². The third-order valence-corrected chi connectivity index (χ3v) is 6.77. The molecule has 10 heteroatoms. The van der Waals surface area contributed by atoms with E-state index in [9.17, 15) is 4.79 Å². The van der Waals surface area contributed by atoms with Crippen molar-refractivity contribution in [3.63, 3.8) is 0 Å². The van der Waals surface area contributed by atoms with Crippen molar-refractivity contribution < 1.29 is 23.7 Å². The lowest BCUT2D eigenvalue weighted by Crippen LogP contribution is -2.46. The van der Waals surface area contributed by atoms with Gasteiger partial charge in [0.2, 0.25) is 12.7 Å². The maximum absolute atomic E-state index is 12.7. The smallest absolute Gasteiger partial charge is 0.231 e. The molecule has 164 valence electrons. The van der Waals surface area contributed by atoms with Gasteiger partial charge in [-0.3, -0.25) is 4.79 Å².